The fourth-order valence-electron chi connectivity index (χ4n) is 3.17. The fraction of sp³-hybridized carbons (Fsp3) is 0.700. The van der Waals surface area contributed by atoms with E-state index >= 15 is 0 Å². The number of ketones is 1. The second-order valence-electron chi connectivity index (χ2n) is 4.79. The molecule has 0 aliphatic heterocycles. The summed E-state index contributed by atoms with van der Waals surface area (Å²) in [6, 6.07) is 0. The lowest BCUT2D eigenvalue weighted by Crippen LogP contribution is -2.42. The van der Waals surface area contributed by atoms with Crippen molar-refractivity contribution in [2.45, 2.75) is 30.7 Å². The first kappa shape index (κ1) is 14.4. The normalized spacial score (nSPS) is 47.9. The van der Waals surface area contributed by atoms with E-state index < -0.39 is 30.1 Å². The van der Waals surface area contributed by atoms with E-state index in [-0.39, 0.29) is 5.92 Å². The summed E-state index contributed by atoms with van der Waals surface area (Å²) < 4.78 is -3.61. The highest BCUT2D eigenvalue weighted by molar-refractivity contribution is 6.73. The summed E-state index contributed by atoms with van der Waals surface area (Å²) in [5, 5.41) is -1.02. The molecule has 0 amide bonds. The molecule has 8 heteroatoms. The Morgan fingerprint density at radius 3 is 2.11 bits per heavy atom. The largest absolute Gasteiger partial charge is 0.292 e. The molecule has 1 saturated carbocycles. The molecule has 2 bridgehead atoms. The molecule has 18 heavy (non-hydrogen) atoms. The van der Waals surface area contributed by atoms with Gasteiger partial charge in [0.2, 0.25) is 14.4 Å². The molecular weight excluding hydrogens is 384 g/mol. The van der Waals surface area contributed by atoms with Crippen LogP contribution in [0, 0.1) is 5.92 Å². The standard InChI is InChI=1S/C10H5Cl7O/c11-4-2-1-8(13,6(4)12)5-3(2)9(14,15)7(18)10(5,16)17/h2,4,6H,1H2. The van der Waals surface area contributed by atoms with Gasteiger partial charge in [-0.05, 0) is 17.6 Å². The lowest BCUT2D eigenvalue weighted by molar-refractivity contribution is -0.118. The van der Waals surface area contributed by atoms with Crippen LogP contribution in [0.15, 0.2) is 11.1 Å². The van der Waals surface area contributed by atoms with Crippen molar-refractivity contribution in [3.8, 4) is 0 Å². The minimum absolute atomic E-state index is 0.278. The van der Waals surface area contributed by atoms with Crippen LogP contribution in [0.2, 0.25) is 0 Å². The zero-order valence-electron chi connectivity index (χ0n) is 8.49. The minimum Gasteiger partial charge on any atom is -0.292 e. The Morgan fingerprint density at radius 2 is 1.56 bits per heavy atom. The van der Waals surface area contributed by atoms with Crippen LogP contribution in [0.1, 0.15) is 6.42 Å². The number of carbonyl (C=O) groups excluding carboxylic acids is 1. The van der Waals surface area contributed by atoms with Crippen LogP contribution >= 0.6 is 81.2 Å². The van der Waals surface area contributed by atoms with Gasteiger partial charge >= 0.3 is 0 Å². The van der Waals surface area contributed by atoms with Gasteiger partial charge < -0.3 is 0 Å². The maximum Gasteiger partial charge on any atom is 0.213 e. The number of alkyl halides is 7. The van der Waals surface area contributed by atoms with Gasteiger partial charge in [-0.3, -0.25) is 4.79 Å². The lowest BCUT2D eigenvalue weighted by Gasteiger charge is -2.33. The summed E-state index contributed by atoms with van der Waals surface area (Å²) in [6.07, 6.45) is 0.442. The molecule has 3 rings (SSSR count). The molecule has 4 unspecified atom stereocenters. The number of fused-ring (bicyclic) bond motifs is 4. The molecule has 0 radical (unpaired) electrons. The smallest absolute Gasteiger partial charge is 0.213 e. The van der Waals surface area contributed by atoms with Crippen LogP contribution in [-0.4, -0.2) is 30.1 Å². The molecule has 0 aromatic rings. The molecule has 0 heterocycles. The van der Waals surface area contributed by atoms with Gasteiger partial charge in [-0.1, -0.05) is 46.4 Å². The third-order valence-corrected chi connectivity index (χ3v) is 7.39. The summed E-state index contributed by atoms with van der Waals surface area (Å²) in [4.78, 5) is 11.1. The van der Waals surface area contributed by atoms with Crippen molar-refractivity contribution in [1.29, 1.82) is 0 Å². The average molecular weight is 389 g/mol. The van der Waals surface area contributed by atoms with Crippen LogP contribution in [-0.2, 0) is 4.79 Å². The van der Waals surface area contributed by atoms with Crippen molar-refractivity contribution in [2.24, 2.45) is 5.92 Å². The van der Waals surface area contributed by atoms with Gasteiger partial charge in [-0.25, -0.2) is 0 Å². The first-order valence-electron chi connectivity index (χ1n) is 5.09. The monoisotopic (exact) mass is 386 g/mol. The van der Waals surface area contributed by atoms with Crippen LogP contribution in [0.5, 0.6) is 0 Å². The van der Waals surface area contributed by atoms with Gasteiger partial charge in [0.05, 0.1) is 15.6 Å². The van der Waals surface area contributed by atoms with Gasteiger partial charge in [0.1, 0.15) is 0 Å². The molecule has 0 aromatic heterocycles. The van der Waals surface area contributed by atoms with E-state index in [0.717, 1.165) is 0 Å². The molecule has 0 spiro atoms. The van der Waals surface area contributed by atoms with Crippen LogP contribution in [0.4, 0.5) is 0 Å². The number of allylic oxidation sites excluding steroid dienone is 2. The van der Waals surface area contributed by atoms with Crippen LogP contribution < -0.4 is 0 Å². The predicted molar refractivity (Wildman–Crippen MR) is 76.9 cm³/mol. The molecule has 1 fully saturated rings. The molecule has 0 aromatic carbocycles. The third-order valence-electron chi connectivity index (χ3n) is 3.90. The second kappa shape index (κ2) is 3.80. The van der Waals surface area contributed by atoms with Crippen molar-refractivity contribution < 1.29 is 4.79 Å². The van der Waals surface area contributed by atoms with Gasteiger partial charge in [0.15, 0.2) is 0 Å². The van der Waals surface area contributed by atoms with E-state index in [0.29, 0.717) is 17.6 Å². The highest BCUT2D eigenvalue weighted by atomic mass is 35.5. The number of rotatable bonds is 0. The van der Waals surface area contributed by atoms with E-state index in [9.17, 15) is 4.79 Å². The number of hydrogen-bond acceptors (Lipinski definition) is 1. The van der Waals surface area contributed by atoms with E-state index in [1.54, 1.807) is 0 Å². The van der Waals surface area contributed by atoms with Crippen molar-refractivity contribution in [3.05, 3.63) is 11.1 Å². The van der Waals surface area contributed by atoms with Crippen LogP contribution in [0.3, 0.4) is 0 Å². The third kappa shape index (κ3) is 1.38. The maximum atomic E-state index is 12.1. The van der Waals surface area contributed by atoms with Gasteiger partial charge in [0, 0.05) is 5.92 Å². The Labute approximate surface area is 139 Å². The van der Waals surface area contributed by atoms with Crippen LogP contribution in [0.25, 0.3) is 0 Å². The summed E-state index contributed by atoms with van der Waals surface area (Å²) in [7, 11) is 0. The first-order chi connectivity index (χ1) is 8.06. The molecule has 3 aliphatic rings. The Balaban J connectivity index is 2.28. The number of carbonyl (C=O) groups is 1. The number of halogens is 7. The zero-order valence-corrected chi connectivity index (χ0v) is 13.8. The number of hydrogen-bond donors (Lipinski definition) is 0. The molecule has 1 nitrogen and oxygen atoms in total. The van der Waals surface area contributed by atoms with Gasteiger partial charge in [-0.2, -0.15) is 0 Å². The molecule has 4 atom stereocenters. The van der Waals surface area contributed by atoms with Crippen molar-refractivity contribution in [2.75, 3.05) is 0 Å². The molecule has 0 saturated heterocycles. The summed E-state index contributed by atoms with van der Waals surface area (Å²) in [5.41, 5.74) is 0.768. The van der Waals surface area contributed by atoms with Crippen molar-refractivity contribution >= 4 is 87.0 Å². The topological polar surface area (TPSA) is 17.1 Å². The Morgan fingerprint density at radius 1 is 1.00 bits per heavy atom. The minimum atomic E-state index is -1.83. The zero-order chi connectivity index (χ0) is 13.7. The van der Waals surface area contributed by atoms with E-state index in [2.05, 4.69) is 0 Å². The highest BCUT2D eigenvalue weighted by Gasteiger charge is 2.74. The predicted octanol–water partition coefficient (Wildman–Crippen LogP) is 4.44. The van der Waals surface area contributed by atoms with E-state index in [1.807, 2.05) is 0 Å². The van der Waals surface area contributed by atoms with Gasteiger partial charge in [0.25, 0.3) is 0 Å². The SMILES string of the molecule is O=C1C(Cl)(Cl)C2=C(C1(Cl)Cl)C1(Cl)CC2C(Cl)C1Cl. The maximum absolute atomic E-state index is 12.1. The van der Waals surface area contributed by atoms with Crippen molar-refractivity contribution in [1.82, 2.24) is 0 Å². The summed E-state index contributed by atoms with van der Waals surface area (Å²) in [5.74, 6) is -0.976. The summed E-state index contributed by atoms with van der Waals surface area (Å²) in [6.45, 7) is 0. The lowest BCUT2D eigenvalue weighted by atomic mass is 9.92. The Bertz CT molecular complexity index is 496. The quantitative estimate of drug-likeness (QED) is 0.442. The second-order valence-corrected chi connectivity index (χ2v) is 9.09. The van der Waals surface area contributed by atoms with Crippen molar-refractivity contribution in [3.63, 3.8) is 0 Å². The molecule has 100 valence electrons. The van der Waals surface area contributed by atoms with Gasteiger partial charge in [-0.15, -0.1) is 34.8 Å². The average Bonchev–Trinajstić information content (AvgIpc) is 2.75. The molecule has 3 aliphatic carbocycles. The fourth-order valence-corrected chi connectivity index (χ4v) is 6.45. The van der Waals surface area contributed by atoms with E-state index in [1.165, 1.54) is 0 Å². The highest BCUT2D eigenvalue weighted by Crippen LogP contribution is 2.70. The number of Topliss-reactive ketones (excluding diaryl/α,β-unsaturated/α-hetero) is 1. The molecule has 0 N–H and O–H groups in total. The Hall–Kier alpha value is 1.44. The Kier molecular flexibility index (Phi) is 3.03. The first-order valence-corrected chi connectivity index (χ1v) is 7.85. The molecular formula is C10H5Cl7O. The van der Waals surface area contributed by atoms with E-state index in [4.69, 9.17) is 81.2 Å². The summed E-state index contributed by atoms with van der Waals surface area (Å²) >= 11 is 43.4.